The summed E-state index contributed by atoms with van der Waals surface area (Å²) in [4.78, 5) is 10.8. The lowest BCUT2D eigenvalue weighted by atomic mass is 10.3. The van der Waals surface area contributed by atoms with Crippen molar-refractivity contribution in [1.29, 1.82) is 15.9 Å². The molecule has 0 radical (unpaired) electrons. The molecular formula is C11H6N6. The van der Waals surface area contributed by atoms with E-state index in [9.17, 15) is 0 Å². The molecule has 0 saturated heterocycles. The molecule has 0 aliphatic rings. The number of para-hydroxylation sites is 2. The fraction of sp³-hybridized carbons (Fsp3) is 0. The Balaban J connectivity index is 2.48. The lowest BCUT2D eigenvalue weighted by Gasteiger charge is -1.88. The third-order valence-electron chi connectivity index (χ3n) is 2.05. The summed E-state index contributed by atoms with van der Waals surface area (Å²) < 4.78 is 0. The van der Waals surface area contributed by atoms with Crippen LogP contribution in [0, 0.1) is 28.1 Å². The quantitative estimate of drug-likeness (QED) is 0.754. The molecule has 0 saturated carbocycles. The number of nitriles is 2. The van der Waals surface area contributed by atoms with Gasteiger partial charge in [-0.25, -0.2) is 4.98 Å². The molecule has 0 amide bonds. The van der Waals surface area contributed by atoms with Crippen molar-refractivity contribution in [2.45, 2.75) is 0 Å². The van der Waals surface area contributed by atoms with E-state index in [1.54, 1.807) is 18.2 Å². The first kappa shape index (κ1) is 10.5. The van der Waals surface area contributed by atoms with Gasteiger partial charge in [-0.2, -0.15) is 15.5 Å². The molecule has 0 fully saturated rings. The fourth-order valence-electron chi connectivity index (χ4n) is 1.29. The van der Waals surface area contributed by atoms with Crippen molar-refractivity contribution in [2.24, 2.45) is 4.99 Å². The van der Waals surface area contributed by atoms with Gasteiger partial charge in [-0.05, 0) is 12.1 Å². The van der Waals surface area contributed by atoms with Crippen molar-refractivity contribution in [3.63, 3.8) is 0 Å². The highest BCUT2D eigenvalue weighted by Crippen LogP contribution is 2.15. The summed E-state index contributed by atoms with van der Waals surface area (Å²) in [5, 5.41) is 24.5. The minimum atomic E-state index is -0.479. The first-order chi connectivity index (χ1) is 8.24. The van der Waals surface area contributed by atoms with Crippen molar-refractivity contribution in [3.8, 4) is 12.1 Å². The third kappa shape index (κ3) is 2.01. The van der Waals surface area contributed by atoms with E-state index >= 15 is 0 Å². The van der Waals surface area contributed by atoms with E-state index in [0.717, 1.165) is 5.52 Å². The molecule has 0 bridgehead atoms. The largest absolute Gasteiger partial charge is 0.322 e. The van der Waals surface area contributed by atoms with Crippen molar-refractivity contribution in [1.82, 2.24) is 9.97 Å². The Kier molecular flexibility index (Phi) is 2.63. The number of aliphatic imine (C=N–C) groups is 1. The van der Waals surface area contributed by atoms with E-state index in [0.29, 0.717) is 5.52 Å². The average Bonchev–Trinajstić information content (AvgIpc) is 2.77. The van der Waals surface area contributed by atoms with Gasteiger partial charge < -0.3 is 4.98 Å². The number of rotatable bonds is 2. The van der Waals surface area contributed by atoms with E-state index < -0.39 is 5.71 Å². The van der Waals surface area contributed by atoms with Crippen LogP contribution in [0.25, 0.3) is 11.0 Å². The molecule has 1 heterocycles. The van der Waals surface area contributed by atoms with Gasteiger partial charge in [0.1, 0.15) is 12.1 Å². The Bertz CT molecular complexity index is 662. The van der Waals surface area contributed by atoms with Gasteiger partial charge in [0, 0.05) is 0 Å². The Morgan fingerprint density at radius 1 is 1.29 bits per heavy atom. The number of aromatic amines is 1. The Hall–Kier alpha value is -2.99. The van der Waals surface area contributed by atoms with Crippen LogP contribution in [-0.2, 0) is 0 Å². The number of hydrogen-bond acceptors (Lipinski definition) is 5. The average molecular weight is 222 g/mol. The molecule has 80 valence electrons. The number of fused-ring (bicyclic) bond motifs is 1. The predicted molar refractivity (Wildman–Crippen MR) is 62.1 cm³/mol. The maximum absolute atomic E-state index is 8.75. The summed E-state index contributed by atoms with van der Waals surface area (Å²) in [5.74, 6) is 0.211. The molecule has 0 unspecified atom stereocenters. The molecule has 6 nitrogen and oxygen atoms in total. The normalized spacial score (nSPS) is 10.8. The van der Waals surface area contributed by atoms with Gasteiger partial charge >= 0.3 is 0 Å². The number of aromatic nitrogens is 2. The smallest absolute Gasteiger partial charge is 0.229 e. The molecule has 0 aliphatic carbocycles. The van der Waals surface area contributed by atoms with Crippen molar-refractivity contribution in [3.05, 3.63) is 24.3 Å². The van der Waals surface area contributed by atoms with Crippen LogP contribution < -0.4 is 0 Å². The van der Waals surface area contributed by atoms with E-state index in [1.807, 2.05) is 18.2 Å². The fourth-order valence-corrected chi connectivity index (χ4v) is 1.29. The topological polar surface area (TPSA) is 112 Å². The van der Waals surface area contributed by atoms with E-state index in [2.05, 4.69) is 15.0 Å². The van der Waals surface area contributed by atoms with Crippen LogP contribution in [0.15, 0.2) is 29.3 Å². The van der Waals surface area contributed by atoms with Crippen LogP contribution in [0.3, 0.4) is 0 Å². The maximum atomic E-state index is 8.75. The van der Waals surface area contributed by atoms with E-state index in [4.69, 9.17) is 15.9 Å². The lowest BCUT2D eigenvalue weighted by Crippen LogP contribution is -2.07. The predicted octanol–water partition coefficient (Wildman–Crippen LogP) is 1.70. The molecule has 0 spiro atoms. The molecule has 17 heavy (non-hydrogen) atoms. The molecule has 2 rings (SSSR count). The van der Waals surface area contributed by atoms with E-state index in [1.165, 1.54) is 0 Å². The second kappa shape index (κ2) is 4.25. The zero-order valence-electron chi connectivity index (χ0n) is 8.60. The number of H-pyrrole nitrogens is 1. The molecule has 1 aromatic carbocycles. The van der Waals surface area contributed by atoms with Gasteiger partial charge in [0.25, 0.3) is 0 Å². The Morgan fingerprint density at radius 2 is 2.06 bits per heavy atom. The lowest BCUT2D eigenvalue weighted by molar-refractivity contribution is 1.27. The monoisotopic (exact) mass is 222 g/mol. The third-order valence-corrected chi connectivity index (χ3v) is 2.05. The van der Waals surface area contributed by atoms with Gasteiger partial charge in [-0.15, -0.1) is 0 Å². The van der Waals surface area contributed by atoms with E-state index in [-0.39, 0.29) is 11.7 Å². The van der Waals surface area contributed by atoms with Crippen LogP contribution in [-0.4, -0.2) is 21.4 Å². The van der Waals surface area contributed by atoms with Crippen LogP contribution in [0.2, 0.25) is 0 Å². The van der Waals surface area contributed by atoms with Crippen molar-refractivity contribution < 1.29 is 0 Å². The SMILES string of the molecule is N#CC(=N)/C(C#N)=N/c1nc2ccccc2[nH]1. The number of hydrogen-bond donors (Lipinski definition) is 2. The van der Waals surface area contributed by atoms with Crippen LogP contribution in [0.5, 0.6) is 0 Å². The number of nitrogens with one attached hydrogen (secondary N) is 2. The maximum Gasteiger partial charge on any atom is 0.229 e. The molecule has 1 aromatic heterocycles. The summed E-state index contributed by atoms with van der Waals surface area (Å²) in [5.41, 5.74) is 0.763. The van der Waals surface area contributed by atoms with Gasteiger partial charge in [-0.3, -0.25) is 5.41 Å². The van der Waals surface area contributed by atoms with Crippen LogP contribution in [0.4, 0.5) is 5.95 Å². The summed E-state index contributed by atoms with van der Waals surface area (Å²) in [7, 11) is 0. The molecule has 2 aromatic rings. The molecule has 0 aliphatic heterocycles. The number of imidazole rings is 1. The van der Waals surface area contributed by atoms with Crippen molar-refractivity contribution >= 4 is 28.4 Å². The first-order valence-electron chi connectivity index (χ1n) is 4.67. The summed E-state index contributed by atoms with van der Waals surface area (Å²) in [6.07, 6.45) is 0. The second-order valence-electron chi connectivity index (χ2n) is 3.14. The summed E-state index contributed by atoms with van der Waals surface area (Å²) in [6, 6.07) is 10.5. The summed E-state index contributed by atoms with van der Waals surface area (Å²) >= 11 is 0. The van der Waals surface area contributed by atoms with Gasteiger partial charge in [0.2, 0.25) is 5.95 Å². The zero-order chi connectivity index (χ0) is 12.3. The van der Waals surface area contributed by atoms with Crippen LogP contribution in [0.1, 0.15) is 0 Å². The van der Waals surface area contributed by atoms with Gasteiger partial charge in [-0.1, -0.05) is 12.1 Å². The van der Waals surface area contributed by atoms with Gasteiger partial charge in [0.15, 0.2) is 11.4 Å². The van der Waals surface area contributed by atoms with Crippen molar-refractivity contribution in [2.75, 3.05) is 0 Å². The highest BCUT2D eigenvalue weighted by atomic mass is 15.1. The number of benzene rings is 1. The highest BCUT2D eigenvalue weighted by molar-refractivity contribution is 6.52. The second-order valence-corrected chi connectivity index (χ2v) is 3.14. The minimum absolute atomic E-state index is 0.211. The molecular weight excluding hydrogens is 216 g/mol. The minimum Gasteiger partial charge on any atom is -0.322 e. The Labute approximate surface area is 96.4 Å². The highest BCUT2D eigenvalue weighted by Gasteiger charge is 2.07. The standard InChI is InChI=1S/C11H6N6/c12-5-7(14)10(6-13)17-11-15-8-3-1-2-4-9(8)16-11/h1-4,14H,(H,15,16)/b14-7?,17-10+. The molecule has 6 heteroatoms. The molecule has 0 atom stereocenters. The Morgan fingerprint density at radius 3 is 2.71 bits per heavy atom. The first-order valence-corrected chi connectivity index (χ1v) is 4.67. The zero-order valence-corrected chi connectivity index (χ0v) is 8.60. The van der Waals surface area contributed by atoms with Crippen LogP contribution >= 0.6 is 0 Å². The molecule has 2 N–H and O–H groups in total. The number of nitrogens with zero attached hydrogens (tertiary/aromatic N) is 4. The van der Waals surface area contributed by atoms with Gasteiger partial charge in [0.05, 0.1) is 11.0 Å². The summed E-state index contributed by atoms with van der Waals surface area (Å²) in [6.45, 7) is 0.